The van der Waals surface area contributed by atoms with Crippen molar-refractivity contribution in [1.82, 2.24) is 15.5 Å². The fourth-order valence-electron chi connectivity index (χ4n) is 1.85. The molecule has 8 heteroatoms. The van der Waals surface area contributed by atoms with Crippen LogP contribution in [0.4, 0.5) is 0 Å². The van der Waals surface area contributed by atoms with E-state index in [0.717, 1.165) is 0 Å². The maximum Gasteiger partial charge on any atom is 0.228 e. The van der Waals surface area contributed by atoms with Crippen LogP contribution < -0.4 is 10.1 Å². The Bertz CT molecular complexity index is 661. The molecule has 0 radical (unpaired) electrons. The average molecular weight is 358 g/mol. The van der Waals surface area contributed by atoms with Gasteiger partial charge in [-0.25, -0.2) is 0 Å². The third-order valence-corrected chi connectivity index (χ3v) is 3.46. The smallest absolute Gasteiger partial charge is 0.228 e. The number of aromatic nitrogens is 2. The monoisotopic (exact) mass is 357 g/mol. The average Bonchev–Trinajstić information content (AvgIpc) is 2.91. The summed E-state index contributed by atoms with van der Waals surface area (Å²) in [5, 5.41) is 7.48. The van der Waals surface area contributed by atoms with Gasteiger partial charge in [0.1, 0.15) is 5.75 Å². The summed E-state index contributed by atoms with van der Waals surface area (Å²) < 4.78 is 10.5. The SMILES string of the molecule is Cc1noc(CCNC(=O)CCCOc2ccc(Cl)cc2Cl)n1. The number of carbonyl (C=O) groups is 1. The number of amides is 1. The van der Waals surface area contributed by atoms with Gasteiger partial charge < -0.3 is 14.6 Å². The summed E-state index contributed by atoms with van der Waals surface area (Å²) in [5.41, 5.74) is 0. The van der Waals surface area contributed by atoms with Crippen LogP contribution in [0.15, 0.2) is 22.7 Å². The van der Waals surface area contributed by atoms with Gasteiger partial charge in [-0.15, -0.1) is 0 Å². The number of benzene rings is 1. The molecular weight excluding hydrogens is 341 g/mol. The zero-order valence-corrected chi connectivity index (χ0v) is 14.2. The molecule has 0 aliphatic heterocycles. The van der Waals surface area contributed by atoms with Gasteiger partial charge in [-0.2, -0.15) is 4.98 Å². The summed E-state index contributed by atoms with van der Waals surface area (Å²) in [7, 11) is 0. The Balaban J connectivity index is 1.59. The lowest BCUT2D eigenvalue weighted by Crippen LogP contribution is -2.25. The van der Waals surface area contributed by atoms with Crippen molar-refractivity contribution in [1.29, 1.82) is 0 Å². The van der Waals surface area contributed by atoms with Crippen molar-refractivity contribution in [2.24, 2.45) is 0 Å². The summed E-state index contributed by atoms with van der Waals surface area (Å²) in [6.45, 7) is 2.61. The van der Waals surface area contributed by atoms with E-state index in [1.54, 1.807) is 25.1 Å². The Hall–Kier alpha value is -1.79. The van der Waals surface area contributed by atoms with E-state index in [1.807, 2.05) is 0 Å². The number of halogens is 2. The highest BCUT2D eigenvalue weighted by molar-refractivity contribution is 6.35. The molecular formula is C15H17Cl2N3O3. The van der Waals surface area contributed by atoms with Crippen molar-refractivity contribution < 1.29 is 14.1 Å². The quantitative estimate of drug-likeness (QED) is 0.734. The van der Waals surface area contributed by atoms with Crippen LogP contribution >= 0.6 is 23.2 Å². The second-order valence-corrected chi connectivity index (χ2v) is 5.71. The highest BCUT2D eigenvalue weighted by Crippen LogP contribution is 2.27. The zero-order chi connectivity index (χ0) is 16.7. The molecule has 0 fully saturated rings. The van der Waals surface area contributed by atoms with Crippen LogP contribution in [-0.2, 0) is 11.2 Å². The lowest BCUT2D eigenvalue weighted by molar-refractivity contribution is -0.121. The fraction of sp³-hybridized carbons (Fsp3) is 0.400. The highest BCUT2D eigenvalue weighted by Gasteiger charge is 2.06. The van der Waals surface area contributed by atoms with Gasteiger partial charge in [0.25, 0.3) is 0 Å². The number of aryl methyl sites for hydroxylation is 1. The molecule has 23 heavy (non-hydrogen) atoms. The van der Waals surface area contributed by atoms with Gasteiger partial charge in [-0.05, 0) is 31.5 Å². The first-order chi connectivity index (χ1) is 11.0. The van der Waals surface area contributed by atoms with E-state index in [-0.39, 0.29) is 5.91 Å². The topological polar surface area (TPSA) is 77.2 Å². The molecule has 0 aliphatic rings. The minimum absolute atomic E-state index is 0.0490. The van der Waals surface area contributed by atoms with Crippen molar-refractivity contribution in [3.05, 3.63) is 40.0 Å². The summed E-state index contributed by atoms with van der Waals surface area (Å²) in [4.78, 5) is 15.7. The molecule has 0 bridgehead atoms. The molecule has 0 spiro atoms. The van der Waals surface area contributed by atoms with E-state index in [0.29, 0.717) is 59.9 Å². The van der Waals surface area contributed by atoms with Crippen LogP contribution in [0, 0.1) is 6.92 Å². The van der Waals surface area contributed by atoms with Crippen LogP contribution in [0.3, 0.4) is 0 Å². The van der Waals surface area contributed by atoms with Gasteiger partial charge in [-0.1, -0.05) is 28.4 Å². The number of rotatable bonds is 8. The molecule has 1 heterocycles. The van der Waals surface area contributed by atoms with Gasteiger partial charge in [0.2, 0.25) is 11.8 Å². The van der Waals surface area contributed by atoms with Crippen molar-refractivity contribution >= 4 is 29.1 Å². The van der Waals surface area contributed by atoms with Gasteiger partial charge in [0.15, 0.2) is 5.82 Å². The molecule has 2 aromatic rings. The number of nitrogens with zero attached hydrogens (tertiary/aromatic N) is 2. The Kier molecular flexibility index (Phi) is 6.67. The standard InChI is InChI=1S/C15H17Cl2N3O3/c1-10-19-15(23-20-10)6-7-18-14(21)3-2-8-22-13-5-4-11(16)9-12(13)17/h4-5,9H,2-3,6-8H2,1H3,(H,18,21). The molecule has 0 aliphatic carbocycles. The highest BCUT2D eigenvalue weighted by atomic mass is 35.5. The van der Waals surface area contributed by atoms with E-state index in [4.69, 9.17) is 32.5 Å². The summed E-state index contributed by atoms with van der Waals surface area (Å²) in [6, 6.07) is 5.02. The first kappa shape index (κ1) is 17.6. The molecule has 1 aromatic carbocycles. The first-order valence-electron chi connectivity index (χ1n) is 7.18. The van der Waals surface area contributed by atoms with Crippen LogP contribution in [0.5, 0.6) is 5.75 Å². The number of hydrogen-bond acceptors (Lipinski definition) is 5. The van der Waals surface area contributed by atoms with Crippen molar-refractivity contribution in [2.45, 2.75) is 26.2 Å². The van der Waals surface area contributed by atoms with E-state index < -0.39 is 0 Å². The van der Waals surface area contributed by atoms with Crippen LogP contribution in [0.2, 0.25) is 10.0 Å². The van der Waals surface area contributed by atoms with Crippen molar-refractivity contribution in [2.75, 3.05) is 13.2 Å². The summed E-state index contributed by atoms with van der Waals surface area (Å²) in [6.07, 6.45) is 1.47. The first-order valence-corrected chi connectivity index (χ1v) is 7.94. The number of carbonyl (C=O) groups excluding carboxylic acids is 1. The number of nitrogens with one attached hydrogen (secondary N) is 1. The minimum Gasteiger partial charge on any atom is -0.492 e. The second-order valence-electron chi connectivity index (χ2n) is 4.86. The fourth-order valence-corrected chi connectivity index (χ4v) is 2.31. The Morgan fingerprint density at radius 2 is 2.22 bits per heavy atom. The Morgan fingerprint density at radius 1 is 1.39 bits per heavy atom. The summed E-state index contributed by atoms with van der Waals surface area (Å²) >= 11 is 11.8. The van der Waals surface area contributed by atoms with Gasteiger partial charge >= 0.3 is 0 Å². The number of ether oxygens (including phenoxy) is 1. The molecule has 6 nitrogen and oxygen atoms in total. The largest absolute Gasteiger partial charge is 0.492 e. The molecule has 0 atom stereocenters. The van der Waals surface area contributed by atoms with Crippen LogP contribution in [0.1, 0.15) is 24.6 Å². The third kappa shape index (κ3) is 6.08. The van der Waals surface area contributed by atoms with Crippen LogP contribution in [-0.4, -0.2) is 29.2 Å². The second kappa shape index (κ2) is 8.74. The lowest BCUT2D eigenvalue weighted by Gasteiger charge is -2.08. The van der Waals surface area contributed by atoms with Gasteiger partial charge in [0, 0.05) is 24.4 Å². The Labute approximate surface area is 144 Å². The molecule has 2 rings (SSSR count). The van der Waals surface area contributed by atoms with Crippen LogP contribution in [0.25, 0.3) is 0 Å². The molecule has 0 saturated heterocycles. The maximum absolute atomic E-state index is 11.7. The van der Waals surface area contributed by atoms with E-state index >= 15 is 0 Å². The van der Waals surface area contributed by atoms with E-state index in [2.05, 4.69) is 15.5 Å². The molecule has 1 aromatic heterocycles. The normalized spacial score (nSPS) is 10.6. The molecule has 1 N–H and O–H groups in total. The Morgan fingerprint density at radius 3 is 2.91 bits per heavy atom. The predicted octanol–water partition coefficient (Wildman–Crippen LogP) is 3.20. The molecule has 1 amide bonds. The van der Waals surface area contributed by atoms with Crippen molar-refractivity contribution in [3.63, 3.8) is 0 Å². The minimum atomic E-state index is -0.0490. The lowest BCUT2D eigenvalue weighted by atomic mass is 10.3. The molecule has 0 saturated carbocycles. The third-order valence-electron chi connectivity index (χ3n) is 2.93. The maximum atomic E-state index is 11.7. The van der Waals surface area contributed by atoms with E-state index in [9.17, 15) is 4.79 Å². The predicted molar refractivity (Wildman–Crippen MR) is 86.9 cm³/mol. The van der Waals surface area contributed by atoms with Gasteiger partial charge in [-0.3, -0.25) is 4.79 Å². The molecule has 0 unspecified atom stereocenters. The van der Waals surface area contributed by atoms with Gasteiger partial charge in [0.05, 0.1) is 11.6 Å². The van der Waals surface area contributed by atoms with E-state index in [1.165, 1.54) is 0 Å². The molecule has 124 valence electrons. The number of hydrogen-bond donors (Lipinski definition) is 1. The van der Waals surface area contributed by atoms with Crippen molar-refractivity contribution in [3.8, 4) is 5.75 Å². The zero-order valence-electron chi connectivity index (χ0n) is 12.6. The summed E-state index contributed by atoms with van der Waals surface area (Å²) in [5.74, 6) is 1.61.